The third-order valence-electron chi connectivity index (χ3n) is 4.64. The molecule has 1 aliphatic rings. The van der Waals surface area contributed by atoms with E-state index >= 15 is 0 Å². The Morgan fingerprint density at radius 2 is 1.96 bits per heavy atom. The fraction of sp³-hybridized carbons (Fsp3) is 0.579. The van der Waals surface area contributed by atoms with Crippen LogP contribution >= 0.6 is 0 Å². The van der Waals surface area contributed by atoms with Crippen LogP contribution in [0.3, 0.4) is 0 Å². The molecule has 1 unspecified atom stereocenters. The number of likely N-dealkylation sites (tertiary alicyclic amines) is 1. The largest absolute Gasteiger partial charge is 0.348 e. The number of nitrogens with zero attached hydrogens (tertiary/aromatic N) is 2. The van der Waals surface area contributed by atoms with Gasteiger partial charge >= 0.3 is 0 Å². The number of benzene rings is 1. The number of carbonyl (C=O) groups is 2. The third kappa shape index (κ3) is 6.14. The monoisotopic (exact) mass is 346 g/mol. The lowest BCUT2D eigenvalue weighted by Crippen LogP contribution is -2.46. The number of amides is 2. The van der Waals surface area contributed by atoms with Gasteiger partial charge in [-0.2, -0.15) is 0 Å². The van der Waals surface area contributed by atoms with Gasteiger partial charge in [0.25, 0.3) is 0 Å². The standard InChI is InChI=1S/C19H30N4O2/c1-14(16-6-5-7-18(12-16)21-15(2)24)20-17-8-10-23(11-9-17)13-19(25)22(3)4/h5-7,12,14,17,20H,8-11,13H2,1-4H3,(H,21,24). The lowest BCUT2D eigenvalue weighted by atomic mass is 10.0. The van der Waals surface area contributed by atoms with E-state index in [0.29, 0.717) is 12.6 Å². The molecule has 1 fully saturated rings. The van der Waals surface area contributed by atoms with Gasteiger partial charge in [-0.05, 0) is 37.5 Å². The Morgan fingerprint density at radius 3 is 2.56 bits per heavy atom. The summed E-state index contributed by atoms with van der Waals surface area (Å²) in [5.74, 6) is 0.104. The molecule has 2 amide bonds. The average molecular weight is 346 g/mol. The van der Waals surface area contributed by atoms with Crippen molar-refractivity contribution in [3.8, 4) is 0 Å². The lowest BCUT2D eigenvalue weighted by molar-refractivity contribution is -0.130. The molecule has 6 heteroatoms. The van der Waals surface area contributed by atoms with E-state index < -0.39 is 0 Å². The highest BCUT2D eigenvalue weighted by Gasteiger charge is 2.22. The molecule has 2 rings (SSSR count). The molecule has 1 heterocycles. The van der Waals surface area contributed by atoms with Crippen LogP contribution in [-0.4, -0.2) is 61.4 Å². The summed E-state index contributed by atoms with van der Waals surface area (Å²) < 4.78 is 0. The van der Waals surface area contributed by atoms with Crippen molar-refractivity contribution in [1.29, 1.82) is 0 Å². The zero-order valence-electron chi connectivity index (χ0n) is 15.7. The van der Waals surface area contributed by atoms with E-state index in [0.717, 1.165) is 37.2 Å². The normalized spacial score (nSPS) is 17.1. The molecule has 25 heavy (non-hydrogen) atoms. The molecule has 6 nitrogen and oxygen atoms in total. The maximum atomic E-state index is 11.8. The van der Waals surface area contributed by atoms with Crippen molar-refractivity contribution >= 4 is 17.5 Å². The smallest absolute Gasteiger partial charge is 0.236 e. The average Bonchev–Trinajstić information content (AvgIpc) is 2.56. The molecule has 1 aliphatic heterocycles. The summed E-state index contributed by atoms with van der Waals surface area (Å²) >= 11 is 0. The van der Waals surface area contributed by atoms with Crippen molar-refractivity contribution in [2.75, 3.05) is 39.0 Å². The first kappa shape index (κ1) is 19.4. The zero-order valence-corrected chi connectivity index (χ0v) is 15.7. The second kappa shape index (κ2) is 8.97. The minimum atomic E-state index is -0.0580. The van der Waals surface area contributed by atoms with Crippen LogP contribution < -0.4 is 10.6 Å². The number of anilines is 1. The van der Waals surface area contributed by atoms with Gasteiger partial charge in [-0.15, -0.1) is 0 Å². The van der Waals surface area contributed by atoms with Gasteiger partial charge < -0.3 is 15.5 Å². The van der Waals surface area contributed by atoms with Gasteiger partial charge in [0.15, 0.2) is 0 Å². The van der Waals surface area contributed by atoms with E-state index in [1.165, 1.54) is 6.92 Å². The van der Waals surface area contributed by atoms with E-state index in [1.807, 2.05) is 18.2 Å². The predicted molar refractivity (Wildman–Crippen MR) is 100 cm³/mol. The van der Waals surface area contributed by atoms with Gasteiger partial charge in [0.2, 0.25) is 11.8 Å². The van der Waals surface area contributed by atoms with Crippen LogP contribution in [-0.2, 0) is 9.59 Å². The molecule has 1 aromatic carbocycles. The van der Waals surface area contributed by atoms with Crippen LogP contribution in [0.2, 0.25) is 0 Å². The Morgan fingerprint density at radius 1 is 1.28 bits per heavy atom. The highest BCUT2D eigenvalue weighted by Crippen LogP contribution is 2.20. The molecule has 0 radical (unpaired) electrons. The van der Waals surface area contributed by atoms with E-state index in [-0.39, 0.29) is 17.9 Å². The van der Waals surface area contributed by atoms with Gasteiger partial charge in [-0.3, -0.25) is 14.5 Å². The molecule has 0 bridgehead atoms. The van der Waals surface area contributed by atoms with Gasteiger partial charge in [0.1, 0.15) is 0 Å². The first-order chi connectivity index (χ1) is 11.8. The van der Waals surface area contributed by atoms with Crippen LogP contribution in [0.4, 0.5) is 5.69 Å². The van der Waals surface area contributed by atoms with Crippen LogP contribution in [0.5, 0.6) is 0 Å². The summed E-state index contributed by atoms with van der Waals surface area (Å²) in [5, 5.41) is 6.51. The first-order valence-electron chi connectivity index (χ1n) is 8.91. The predicted octanol–water partition coefficient (Wildman–Crippen LogP) is 1.85. The Kier molecular flexibility index (Phi) is 6.96. The first-order valence-corrected chi connectivity index (χ1v) is 8.91. The maximum absolute atomic E-state index is 11.8. The highest BCUT2D eigenvalue weighted by molar-refractivity contribution is 5.88. The summed E-state index contributed by atoms with van der Waals surface area (Å²) in [6, 6.07) is 8.63. The molecule has 1 atom stereocenters. The molecule has 0 saturated carbocycles. The maximum Gasteiger partial charge on any atom is 0.236 e. The van der Waals surface area contributed by atoms with E-state index in [2.05, 4.69) is 28.5 Å². The molecule has 1 saturated heterocycles. The Labute approximate surface area is 150 Å². The van der Waals surface area contributed by atoms with Crippen molar-refractivity contribution in [1.82, 2.24) is 15.1 Å². The number of nitrogens with one attached hydrogen (secondary N) is 2. The second-order valence-corrected chi connectivity index (χ2v) is 7.03. The minimum Gasteiger partial charge on any atom is -0.348 e. The topological polar surface area (TPSA) is 64.7 Å². The molecule has 0 aromatic heterocycles. The van der Waals surface area contributed by atoms with Crippen molar-refractivity contribution in [3.05, 3.63) is 29.8 Å². The van der Waals surface area contributed by atoms with Gasteiger partial charge in [-0.1, -0.05) is 12.1 Å². The van der Waals surface area contributed by atoms with Crippen molar-refractivity contribution in [2.45, 2.75) is 38.8 Å². The summed E-state index contributed by atoms with van der Waals surface area (Å²) in [6.07, 6.45) is 2.08. The molecule has 2 N–H and O–H groups in total. The van der Waals surface area contributed by atoms with Gasteiger partial charge in [-0.25, -0.2) is 0 Å². The number of carbonyl (C=O) groups excluding carboxylic acids is 2. The van der Waals surface area contributed by atoms with E-state index in [4.69, 9.17) is 0 Å². The quantitative estimate of drug-likeness (QED) is 0.825. The van der Waals surface area contributed by atoms with Gasteiger partial charge in [0, 0.05) is 51.9 Å². The molecule has 1 aromatic rings. The van der Waals surface area contributed by atoms with Crippen molar-refractivity contribution in [3.63, 3.8) is 0 Å². The summed E-state index contributed by atoms with van der Waals surface area (Å²) in [6.45, 7) is 6.05. The molecule has 0 spiro atoms. The molecule has 0 aliphatic carbocycles. The summed E-state index contributed by atoms with van der Waals surface area (Å²) in [7, 11) is 3.60. The number of piperidine rings is 1. The highest BCUT2D eigenvalue weighted by atomic mass is 16.2. The van der Waals surface area contributed by atoms with Crippen LogP contribution in [0.1, 0.15) is 38.3 Å². The third-order valence-corrected chi connectivity index (χ3v) is 4.64. The van der Waals surface area contributed by atoms with Crippen molar-refractivity contribution in [2.24, 2.45) is 0 Å². The number of hydrogen-bond donors (Lipinski definition) is 2. The fourth-order valence-electron chi connectivity index (χ4n) is 3.13. The zero-order chi connectivity index (χ0) is 18.4. The fourth-order valence-corrected chi connectivity index (χ4v) is 3.13. The van der Waals surface area contributed by atoms with E-state index in [1.54, 1.807) is 19.0 Å². The second-order valence-electron chi connectivity index (χ2n) is 7.03. The number of likely N-dealkylation sites (N-methyl/N-ethyl adjacent to an activating group) is 1. The van der Waals surface area contributed by atoms with Crippen LogP contribution in [0.15, 0.2) is 24.3 Å². The Hall–Kier alpha value is -1.92. The Bertz CT molecular complexity index is 595. The molecular formula is C19H30N4O2. The van der Waals surface area contributed by atoms with Crippen molar-refractivity contribution < 1.29 is 9.59 Å². The molecule has 138 valence electrons. The minimum absolute atomic E-state index is 0.0580. The summed E-state index contributed by atoms with van der Waals surface area (Å²) in [5.41, 5.74) is 1.99. The van der Waals surface area contributed by atoms with Crippen LogP contribution in [0.25, 0.3) is 0 Å². The molecular weight excluding hydrogens is 316 g/mol. The van der Waals surface area contributed by atoms with Crippen LogP contribution in [0, 0.1) is 0 Å². The number of hydrogen-bond acceptors (Lipinski definition) is 4. The van der Waals surface area contributed by atoms with Gasteiger partial charge in [0.05, 0.1) is 6.54 Å². The SMILES string of the molecule is CC(=O)Nc1cccc(C(C)NC2CCN(CC(=O)N(C)C)CC2)c1. The Balaban J connectivity index is 1.83. The number of rotatable bonds is 6. The summed E-state index contributed by atoms with van der Waals surface area (Å²) in [4.78, 5) is 26.9. The lowest BCUT2D eigenvalue weighted by Gasteiger charge is -2.34. The van der Waals surface area contributed by atoms with E-state index in [9.17, 15) is 9.59 Å².